The molecule has 100 valence electrons. The molecule has 0 saturated heterocycles. The van der Waals surface area contributed by atoms with Crippen molar-refractivity contribution in [1.29, 1.82) is 0 Å². The fourth-order valence-corrected chi connectivity index (χ4v) is 2.87. The van der Waals surface area contributed by atoms with E-state index in [1.54, 1.807) is 20.0 Å². The maximum Gasteiger partial charge on any atom is 0.266 e. The summed E-state index contributed by atoms with van der Waals surface area (Å²) < 4.78 is 25.2. The van der Waals surface area contributed by atoms with Crippen LogP contribution in [0.1, 0.15) is 25.1 Å². The van der Waals surface area contributed by atoms with Crippen LogP contribution in [0.5, 0.6) is 0 Å². The number of aromatic nitrogens is 1. The quantitative estimate of drug-likeness (QED) is 0.200. The highest BCUT2D eigenvalue weighted by Gasteiger charge is 2.05. The number of halogens is 2. The first kappa shape index (κ1) is 15.1. The Morgan fingerprint density at radius 2 is 2.33 bits per heavy atom. The zero-order valence-electron chi connectivity index (χ0n) is 10.1. The number of nitrogens with zero attached hydrogens (tertiary/aromatic N) is 2. The summed E-state index contributed by atoms with van der Waals surface area (Å²) >= 11 is 2.79. The minimum absolute atomic E-state index is 0.110. The van der Waals surface area contributed by atoms with E-state index in [1.165, 1.54) is 29.3 Å². The summed E-state index contributed by atoms with van der Waals surface area (Å²) in [4.78, 5) is 4.89. The van der Waals surface area contributed by atoms with Crippen LogP contribution in [0.3, 0.4) is 0 Å². The van der Waals surface area contributed by atoms with E-state index in [-0.39, 0.29) is 6.04 Å². The normalized spacial score (nSPS) is 11.9. The summed E-state index contributed by atoms with van der Waals surface area (Å²) in [6.07, 6.45) is 2.67. The number of allylic oxidation sites excluding steroid dienone is 1. The molecule has 1 heterocycles. The third kappa shape index (κ3) is 5.59. The smallest absolute Gasteiger partial charge is 0.266 e. The van der Waals surface area contributed by atoms with Crippen LogP contribution in [-0.2, 0) is 0 Å². The largest absolute Gasteiger partial charge is 0.624 e. The van der Waals surface area contributed by atoms with Crippen molar-refractivity contribution in [3.8, 4) is 0 Å². The first-order chi connectivity index (χ1) is 8.49. The number of thiazole rings is 1. The van der Waals surface area contributed by atoms with Crippen molar-refractivity contribution in [1.82, 2.24) is 4.98 Å². The molecule has 0 aliphatic carbocycles. The van der Waals surface area contributed by atoms with E-state index in [9.17, 15) is 14.0 Å². The van der Waals surface area contributed by atoms with Crippen LogP contribution in [0.25, 0.3) is 0 Å². The van der Waals surface area contributed by atoms with Gasteiger partial charge in [-0.15, -0.1) is 11.3 Å². The summed E-state index contributed by atoms with van der Waals surface area (Å²) in [7, 11) is 0. The molecule has 1 aromatic rings. The van der Waals surface area contributed by atoms with E-state index in [0.717, 1.165) is 20.0 Å². The number of hydrogen-bond donors (Lipinski definition) is 0. The summed E-state index contributed by atoms with van der Waals surface area (Å²) in [6.45, 7) is 3.61. The van der Waals surface area contributed by atoms with Crippen molar-refractivity contribution in [2.45, 2.75) is 30.6 Å². The third-order valence-corrected chi connectivity index (χ3v) is 4.03. The van der Waals surface area contributed by atoms with Crippen LogP contribution in [-0.4, -0.2) is 27.7 Å². The van der Waals surface area contributed by atoms with Gasteiger partial charge in [0.2, 0.25) is 0 Å². The first-order valence-corrected chi connectivity index (χ1v) is 7.19. The molecule has 0 fully saturated rings. The first-order valence-electron chi connectivity index (χ1n) is 5.39. The molecule has 0 bridgehead atoms. The van der Waals surface area contributed by atoms with Crippen molar-refractivity contribution < 1.29 is 13.5 Å². The second kappa shape index (κ2) is 7.48. The molecule has 0 saturated carbocycles. The van der Waals surface area contributed by atoms with Gasteiger partial charge >= 0.3 is 0 Å². The predicted molar refractivity (Wildman–Crippen MR) is 71.7 cm³/mol. The molecule has 3 nitrogen and oxygen atoms in total. The van der Waals surface area contributed by atoms with Crippen molar-refractivity contribution in [2.75, 3.05) is 5.75 Å². The lowest BCUT2D eigenvalue weighted by atomic mass is 10.4. The zero-order chi connectivity index (χ0) is 13.5. The molecule has 18 heavy (non-hydrogen) atoms. The van der Waals surface area contributed by atoms with E-state index >= 15 is 0 Å². The molecule has 0 aliphatic rings. The van der Waals surface area contributed by atoms with E-state index in [2.05, 4.69) is 4.98 Å². The molecule has 0 unspecified atom stereocenters. The third-order valence-electron chi connectivity index (χ3n) is 1.91. The Hall–Kier alpha value is -0.950. The van der Waals surface area contributed by atoms with Gasteiger partial charge in [0.25, 0.3) is 6.08 Å². The predicted octanol–water partition coefficient (Wildman–Crippen LogP) is 3.74. The molecule has 1 rings (SSSR count). The lowest BCUT2D eigenvalue weighted by Gasteiger charge is -2.05. The highest BCUT2D eigenvalue weighted by Crippen LogP contribution is 2.24. The summed E-state index contributed by atoms with van der Waals surface area (Å²) in [5, 5.41) is 11.4. The van der Waals surface area contributed by atoms with Gasteiger partial charge in [-0.25, -0.2) is 9.72 Å². The maximum absolute atomic E-state index is 11.8. The van der Waals surface area contributed by atoms with Gasteiger partial charge < -0.3 is 5.21 Å². The van der Waals surface area contributed by atoms with Gasteiger partial charge in [-0.05, 0) is 26.3 Å². The van der Waals surface area contributed by atoms with E-state index in [0.29, 0.717) is 12.2 Å². The fourth-order valence-electron chi connectivity index (χ4n) is 0.985. The Balaban J connectivity index is 2.49. The minimum Gasteiger partial charge on any atom is -0.624 e. The van der Waals surface area contributed by atoms with Crippen LogP contribution in [0.2, 0.25) is 0 Å². The SMILES string of the molecule is CC(C)/[N+]([O-])=C/c1cnc(SCCC=C(F)F)s1. The molecular weight excluding hydrogens is 278 g/mol. The van der Waals surface area contributed by atoms with Gasteiger partial charge in [0, 0.05) is 5.75 Å². The van der Waals surface area contributed by atoms with E-state index in [1.807, 2.05) is 0 Å². The van der Waals surface area contributed by atoms with Crippen molar-refractivity contribution in [3.63, 3.8) is 0 Å². The molecule has 0 radical (unpaired) electrons. The van der Waals surface area contributed by atoms with Crippen LogP contribution in [0.4, 0.5) is 8.78 Å². The van der Waals surface area contributed by atoms with Crippen molar-refractivity contribution in [2.24, 2.45) is 0 Å². The van der Waals surface area contributed by atoms with Crippen LogP contribution >= 0.6 is 23.1 Å². The minimum atomic E-state index is -1.65. The van der Waals surface area contributed by atoms with Crippen molar-refractivity contribution in [3.05, 3.63) is 28.4 Å². The van der Waals surface area contributed by atoms with Crippen LogP contribution < -0.4 is 0 Å². The lowest BCUT2D eigenvalue weighted by molar-refractivity contribution is -0.486. The van der Waals surface area contributed by atoms with Gasteiger partial charge in [0.15, 0.2) is 16.6 Å². The standard InChI is InChI=1S/C11H14F2N2OS2/c1-8(2)15(16)7-9-6-14-11(18-9)17-5-3-4-10(12)13/h4,6-8H,3,5H2,1-2H3/b15-7-. The molecule has 0 N–H and O–H groups in total. The second-order valence-corrected chi connectivity index (χ2v) is 6.15. The Morgan fingerprint density at radius 1 is 1.61 bits per heavy atom. The number of hydroxylamine groups is 1. The molecule has 0 aromatic carbocycles. The number of rotatable bonds is 6. The second-order valence-electron chi connectivity index (χ2n) is 3.74. The number of hydrogen-bond acceptors (Lipinski definition) is 4. The summed E-state index contributed by atoms with van der Waals surface area (Å²) in [6, 6.07) is -0.110. The van der Waals surface area contributed by atoms with Crippen LogP contribution in [0, 0.1) is 5.21 Å². The van der Waals surface area contributed by atoms with Gasteiger partial charge in [0.1, 0.15) is 4.88 Å². The fraction of sp³-hybridized carbons (Fsp3) is 0.455. The number of thioether (sulfide) groups is 1. The van der Waals surface area contributed by atoms with Gasteiger partial charge in [-0.3, -0.25) is 0 Å². The monoisotopic (exact) mass is 292 g/mol. The molecular formula is C11H14F2N2OS2. The molecule has 1 aromatic heterocycles. The van der Waals surface area contributed by atoms with E-state index < -0.39 is 6.08 Å². The topological polar surface area (TPSA) is 39.0 Å². The van der Waals surface area contributed by atoms with E-state index in [4.69, 9.17) is 0 Å². The zero-order valence-corrected chi connectivity index (χ0v) is 11.7. The Kier molecular flexibility index (Phi) is 6.28. The van der Waals surface area contributed by atoms with Gasteiger partial charge in [-0.1, -0.05) is 11.8 Å². The highest BCUT2D eigenvalue weighted by molar-refractivity contribution is 8.01. The Bertz CT molecular complexity index is 440. The molecule has 0 atom stereocenters. The molecule has 0 spiro atoms. The summed E-state index contributed by atoms with van der Waals surface area (Å²) in [5.41, 5.74) is 0. The van der Waals surface area contributed by atoms with Gasteiger partial charge in [0.05, 0.1) is 6.20 Å². The summed E-state index contributed by atoms with van der Waals surface area (Å²) in [5.74, 6) is 0.551. The Labute approximate surface area is 113 Å². The average Bonchev–Trinajstić information content (AvgIpc) is 2.72. The lowest BCUT2D eigenvalue weighted by Crippen LogP contribution is -2.14. The van der Waals surface area contributed by atoms with Gasteiger partial charge in [-0.2, -0.15) is 8.78 Å². The Morgan fingerprint density at radius 3 is 2.94 bits per heavy atom. The highest BCUT2D eigenvalue weighted by atomic mass is 32.2. The average molecular weight is 292 g/mol. The molecule has 7 heteroatoms. The van der Waals surface area contributed by atoms with Crippen molar-refractivity contribution >= 4 is 29.3 Å². The molecule has 0 amide bonds. The van der Waals surface area contributed by atoms with Crippen LogP contribution in [0.15, 0.2) is 22.7 Å². The molecule has 0 aliphatic heterocycles. The maximum atomic E-state index is 11.8.